The van der Waals surface area contributed by atoms with Crippen LogP contribution in [0.2, 0.25) is 0 Å². The SMILES string of the molecule is C[C@@H](CC(=O)C1CC(C)(F)C1)C1CCC(c2ccnc3ccc(F)cc23)CC1. The molecule has 0 radical (unpaired) electrons. The minimum atomic E-state index is -1.13. The van der Waals surface area contributed by atoms with E-state index in [1.165, 1.54) is 11.6 Å². The highest BCUT2D eigenvalue weighted by molar-refractivity contribution is 5.83. The van der Waals surface area contributed by atoms with Gasteiger partial charge in [0.05, 0.1) is 5.52 Å². The van der Waals surface area contributed by atoms with Gasteiger partial charge in [-0.3, -0.25) is 9.78 Å². The molecule has 0 bridgehead atoms. The van der Waals surface area contributed by atoms with Gasteiger partial charge in [-0.05, 0) is 93.0 Å². The van der Waals surface area contributed by atoms with Gasteiger partial charge in [0, 0.05) is 23.9 Å². The normalized spacial score (nSPS) is 31.4. The number of carbonyl (C=O) groups is 1. The summed E-state index contributed by atoms with van der Waals surface area (Å²) in [5, 5.41) is 0.924. The molecule has 0 saturated heterocycles. The zero-order valence-electron chi connectivity index (χ0n) is 16.8. The van der Waals surface area contributed by atoms with Crippen molar-refractivity contribution < 1.29 is 13.6 Å². The van der Waals surface area contributed by atoms with Crippen molar-refractivity contribution in [3.05, 3.63) is 41.8 Å². The summed E-state index contributed by atoms with van der Waals surface area (Å²) in [6.45, 7) is 3.77. The first kappa shape index (κ1) is 19.5. The molecule has 1 aromatic carbocycles. The van der Waals surface area contributed by atoms with Crippen molar-refractivity contribution in [3.63, 3.8) is 0 Å². The molecule has 1 atom stereocenters. The van der Waals surface area contributed by atoms with Gasteiger partial charge in [0.2, 0.25) is 0 Å². The fraction of sp³-hybridized carbons (Fsp3) is 0.583. The summed E-state index contributed by atoms with van der Waals surface area (Å²) in [6.07, 6.45) is 7.50. The molecule has 4 rings (SSSR count). The fourth-order valence-electron chi connectivity index (χ4n) is 5.34. The molecule has 2 fully saturated rings. The van der Waals surface area contributed by atoms with Gasteiger partial charge in [-0.25, -0.2) is 8.78 Å². The Balaban J connectivity index is 1.36. The molecule has 2 aliphatic rings. The molecule has 1 aromatic heterocycles. The maximum Gasteiger partial charge on any atom is 0.136 e. The Labute approximate surface area is 165 Å². The molecule has 150 valence electrons. The zero-order valence-corrected chi connectivity index (χ0v) is 16.8. The van der Waals surface area contributed by atoms with Crippen molar-refractivity contribution in [2.45, 2.75) is 70.4 Å². The first-order chi connectivity index (χ1) is 13.3. The number of rotatable bonds is 5. The second kappa shape index (κ2) is 7.53. The third-order valence-electron chi connectivity index (χ3n) is 7.08. The van der Waals surface area contributed by atoms with Crippen LogP contribution >= 0.6 is 0 Å². The van der Waals surface area contributed by atoms with Crippen LogP contribution in [0.3, 0.4) is 0 Å². The Kier molecular flexibility index (Phi) is 5.24. The van der Waals surface area contributed by atoms with Crippen molar-refractivity contribution in [1.29, 1.82) is 0 Å². The fourth-order valence-corrected chi connectivity index (χ4v) is 5.34. The summed E-state index contributed by atoms with van der Waals surface area (Å²) in [4.78, 5) is 16.8. The summed E-state index contributed by atoms with van der Waals surface area (Å²) >= 11 is 0. The third kappa shape index (κ3) is 3.97. The molecule has 0 spiro atoms. The van der Waals surface area contributed by atoms with Crippen molar-refractivity contribution >= 4 is 16.7 Å². The van der Waals surface area contributed by atoms with E-state index in [0.717, 1.165) is 36.6 Å². The van der Waals surface area contributed by atoms with E-state index in [0.29, 0.717) is 37.0 Å². The van der Waals surface area contributed by atoms with Crippen LogP contribution < -0.4 is 0 Å². The Morgan fingerprint density at radius 2 is 1.93 bits per heavy atom. The molecule has 4 heteroatoms. The molecule has 2 nitrogen and oxygen atoms in total. The van der Waals surface area contributed by atoms with Crippen LogP contribution in [-0.2, 0) is 4.79 Å². The second-order valence-electron chi connectivity index (χ2n) is 9.34. The van der Waals surface area contributed by atoms with Gasteiger partial charge in [0.15, 0.2) is 0 Å². The van der Waals surface area contributed by atoms with Gasteiger partial charge in [-0.1, -0.05) is 6.92 Å². The summed E-state index contributed by atoms with van der Waals surface area (Å²) in [5.41, 5.74) is 0.915. The van der Waals surface area contributed by atoms with E-state index in [2.05, 4.69) is 11.9 Å². The lowest BCUT2D eigenvalue weighted by atomic mass is 9.68. The number of carbonyl (C=O) groups excluding carboxylic acids is 1. The summed E-state index contributed by atoms with van der Waals surface area (Å²) < 4.78 is 27.4. The number of nitrogens with zero attached hydrogens (tertiary/aromatic N) is 1. The highest BCUT2D eigenvalue weighted by atomic mass is 19.1. The van der Waals surface area contributed by atoms with Crippen LogP contribution in [0.5, 0.6) is 0 Å². The predicted molar refractivity (Wildman–Crippen MR) is 107 cm³/mol. The van der Waals surface area contributed by atoms with Crippen LogP contribution in [0.15, 0.2) is 30.5 Å². The predicted octanol–water partition coefficient (Wildman–Crippen LogP) is 6.38. The molecular weight excluding hydrogens is 356 g/mol. The van der Waals surface area contributed by atoms with Crippen molar-refractivity contribution in [3.8, 4) is 0 Å². The highest BCUT2D eigenvalue weighted by Crippen LogP contribution is 2.44. The van der Waals surface area contributed by atoms with Crippen LogP contribution in [0.1, 0.15) is 70.3 Å². The average Bonchev–Trinajstić information content (AvgIpc) is 2.65. The number of halogens is 2. The number of fused-ring (bicyclic) bond motifs is 1. The number of Topliss-reactive ketones (excluding diaryl/α,β-unsaturated/α-hetero) is 1. The van der Waals surface area contributed by atoms with Crippen molar-refractivity contribution in [2.75, 3.05) is 0 Å². The molecule has 0 N–H and O–H groups in total. The summed E-state index contributed by atoms with van der Waals surface area (Å²) in [7, 11) is 0. The molecule has 2 saturated carbocycles. The van der Waals surface area contributed by atoms with Crippen LogP contribution in [0.25, 0.3) is 10.9 Å². The molecule has 0 aliphatic heterocycles. The Morgan fingerprint density at radius 3 is 2.61 bits per heavy atom. The molecule has 2 aliphatic carbocycles. The topological polar surface area (TPSA) is 30.0 Å². The zero-order chi connectivity index (χ0) is 19.9. The number of benzene rings is 1. The van der Waals surface area contributed by atoms with Crippen molar-refractivity contribution in [1.82, 2.24) is 4.98 Å². The monoisotopic (exact) mass is 385 g/mol. The maximum absolute atomic E-state index is 13.7. The Hall–Kier alpha value is -1.84. The van der Waals surface area contributed by atoms with Crippen LogP contribution in [0.4, 0.5) is 8.78 Å². The van der Waals surface area contributed by atoms with Gasteiger partial charge in [-0.15, -0.1) is 0 Å². The van der Waals surface area contributed by atoms with Gasteiger partial charge < -0.3 is 0 Å². The minimum Gasteiger partial charge on any atom is -0.299 e. The van der Waals surface area contributed by atoms with Crippen LogP contribution in [-0.4, -0.2) is 16.4 Å². The van der Waals surface area contributed by atoms with E-state index < -0.39 is 5.67 Å². The lowest BCUT2D eigenvalue weighted by molar-refractivity contribution is -0.132. The Bertz CT molecular complexity index is 862. The molecule has 2 aromatic rings. The molecular formula is C24H29F2NO. The van der Waals surface area contributed by atoms with Gasteiger partial charge >= 0.3 is 0 Å². The third-order valence-corrected chi connectivity index (χ3v) is 7.08. The first-order valence-corrected chi connectivity index (χ1v) is 10.6. The maximum atomic E-state index is 13.7. The number of aromatic nitrogens is 1. The van der Waals surface area contributed by atoms with E-state index in [9.17, 15) is 13.6 Å². The standard InChI is InChI=1S/C24H29F2NO/c1-15(11-23(28)18-13-24(2,26)14-18)16-3-5-17(6-4-16)20-9-10-27-22-8-7-19(25)12-21(20)22/h7-10,12,15-18H,3-6,11,13-14H2,1-2H3/t15-,16?,17?,18?,24?/m0/s1. The lowest BCUT2D eigenvalue weighted by Gasteiger charge is -2.39. The molecule has 28 heavy (non-hydrogen) atoms. The Morgan fingerprint density at radius 1 is 1.21 bits per heavy atom. The summed E-state index contributed by atoms with van der Waals surface area (Å²) in [5.74, 6) is 1.29. The van der Waals surface area contributed by atoms with Gasteiger partial charge in [0.1, 0.15) is 17.3 Å². The summed E-state index contributed by atoms with van der Waals surface area (Å²) in [6, 6.07) is 6.84. The number of hydrogen-bond acceptors (Lipinski definition) is 2. The molecule has 0 amide bonds. The number of alkyl halides is 1. The second-order valence-corrected chi connectivity index (χ2v) is 9.34. The van der Waals surface area contributed by atoms with E-state index in [4.69, 9.17) is 0 Å². The number of pyridine rings is 1. The van der Waals surface area contributed by atoms with Gasteiger partial charge in [0.25, 0.3) is 0 Å². The minimum absolute atomic E-state index is 0.0631. The smallest absolute Gasteiger partial charge is 0.136 e. The molecule has 0 unspecified atom stereocenters. The number of hydrogen-bond donors (Lipinski definition) is 0. The van der Waals surface area contributed by atoms with Gasteiger partial charge in [-0.2, -0.15) is 0 Å². The van der Waals surface area contributed by atoms with E-state index in [1.807, 2.05) is 12.3 Å². The quantitative estimate of drug-likeness (QED) is 0.598. The average molecular weight is 385 g/mol. The lowest BCUT2D eigenvalue weighted by Crippen LogP contribution is -2.41. The van der Waals surface area contributed by atoms with Crippen LogP contribution in [0, 0.1) is 23.6 Å². The van der Waals surface area contributed by atoms with E-state index in [-0.39, 0.29) is 17.5 Å². The largest absolute Gasteiger partial charge is 0.299 e. The highest BCUT2D eigenvalue weighted by Gasteiger charge is 2.44. The first-order valence-electron chi connectivity index (χ1n) is 10.6. The number of ketones is 1. The van der Waals surface area contributed by atoms with E-state index in [1.54, 1.807) is 19.1 Å². The molecule has 1 heterocycles. The van der Waals surface area contributed by atoms with Crippen molar-refractivity contribution in [2.24, 2.45) is 17.8 Å². The van der Waals surface area contributed by atoms with E-state index >= 15 is 0 Å².